The average Bonchev–Trinajstić information content (AvgIpc) is 2.71. The monoisotopic (exact) mass is 233 g/mol. The Morgan fingerprint density at radius 2 is 2.06 bits per heavy atom. The van der Waals surface area contributed by atoms with Gasteiger partial charge in [0, 0.05) is 17.0 Å². The maximum atomic E-state index is 2.71. The lowest BCUT2D eigenvalue weighted by Crippen LogP contribution is -2.50. The Morgan fingerprint density at radius 1 is 1.35 bits per heavy atom. The molecule has 0 N–H and O–H groups in total. The zero-order chi connectivity index (χ0) is 12.7. The Bertz CT molecular complexity index is 345. The van der Waals surface area contributed by atoms with Crippen LogP contribution in [0, 0.1) is 5.41 Å². The Hall–Kier alpha value is -0.560. The second-order valence-electron chi connectivity index (χ2n) is 7.01. The predicted octanol–water partition coefficient (Wildman–Crippen LogP) is 4.16. The van der Waals surface area contributed by atoms with Gasteiger partial charge in [0.1, 0.15) is 0 Å². The molecule has 1 nitrogen and oxygen atoms in total. The molecule has 1 aliphatic carbocycles. The standard InChI is InChI=1S/C16H27N/c1-13-8-10-16(5,11-9-13)14-7-6-12-17(14)15(2,3)4/h8-10,14H,6-7,11-12H2,1-5H3/t14-,16?/m1/s1. The molecule has 2 atom stereocenters. The van der Waals surface area contributed by atoms with Crippen LogP contribution < -0.4 is 0 Å². The quantitative estimate of drug-likeness (QED) is 0.657. The van der Waals surface area contributed by atoms with Gasteiger partial charge in [-0.25, -0.2) is 0 Å². The number of likely N-dealkylation sites (tertiary alicyclic amines) is 1. The van der Waals surface area contributed by atoms with Gasteiger partial charge in [0.15, 0.2) is 0 Å². The van der Waals surface area contributed by atoms with Crippen molar-refractivity contribution in [2.75, 3.05) is 6.54 Å². The minimum Gasteiger partial charge on any atom is -0.295 e. The van der Waals surface area contributed by atoms with Crippen molar-refractivity contribution < 1.29 is 0 Å². The van der Waals surface area contributed by atoms with Crippen LogP contribution >= 0.6 is 0 Å². The lowest BCUT2D eigenvalue weighted by molar-refractivity contribution is 0.0633. The lowest BCUT2D eigenvalue weighted by Gasteiger charge is -2.45. The van der Waals surface area contributed by atoms with Gasteiger partial charge >= 0.3 is 0 Å². The molecule has 0 bridgehead atoms. The fraction of sp³-hybridized carbons (Fsp3) is 0.750. The van der Waals surface area contributed by atoms with Crippen LogP contribution in [0.3, 0.4) is 0 Å². The van der Waals surface area contributed by atoms with Crippen molar-refractivity contribution in [2.24, 2.45) is 5.41 Å². The minimum atomic E-state index is 0.300. The molecule has 1 saturated heterocycles. The SMILES string of the molecule is CC1=CCC(C)([C@H]2CCCN2C(C)(C)C)C=C1. The highest BCUT2D eigenvalue weighted by Crippen LogP contribution is 2.42. The van der Waals surface area contributed by atoms with Crippen LogP contribution in [0.4, 0.5) is 0 Å². The van der Waals surface area contributed by atoms with Crippen molar-refractivity contribution in [1.29, 1.82) is 0 Å². The van der Waals surface area contributed by atoms with E-state index in [1.807, 2.05) is 0 Å². The zero-order valence-corrected chi connectivity index (χ0v) is 12.1. The summed E-state index contributed by atoms with van der Waals surface area (Å²) in [4.78, 5) is 2.71. The van der Waals surface area contributed by atoms with E-state index in [4.69, 9.17) is 0 Å². The highest BCUT2D eigenvalue weighted by Gasteiger charge is 2.42. The summed E-state index contributed by atoms with van der Waals surface area (Å²) in [6.45, 7) is 12.9. The summed E-state index contributed by atoms with van der Waals surface area (Å²) in [5.74, 6) is 0. The molecule has 0 saturated carbocycles. The van der Waals surface area contributed by atoms with Gasteiger partial charge in [-0.15, -0.1) is 0 Å². The molecular weight excluding hydrogens is 206 g/mol. The van der Waals surface area contributed by atoms with E-state index in [0.717, 1.165) is 0 Å². The number of hydrogen-bond acceptors (Lipinski definition) is 1. The first-order chi connectivity index (χ1) is 7.83. The highest BCUT2D eigenvalue weighted by atomic mass is 15.2. The number of rotatable bonds is 1. The smallest absolute Gasteiger partial charge is 0.0192 e. The van der Waals surface area contributed by atoms with Gasteiger partial charge in [0.25, 0.3) is 0 Å². The summed E-state index contributed by atoms with van der Waals surface area (Å²) in [6.07, 6.45) is 11.1. The molecule has 1 fully saturated rings. The van der Waals surface area contributed by atoms with Crippen LogP contribution in [-0.4, -0.2) is 23.0 Å². The number of nitrogens with zero attached hydrogens (tertiary/aromatic N) is 1. The van der Waals surface area contributed by atoms with E-state index in [1.165, 1.54) is 31.4 Å². The maximum absolute atomic E-state index is 2.71. The van der Waals surface area contributed by atoms with Crippen LogP contribution in [0.15, 0.2) is 23.8 Å². The van der Waals surface area contributed by atoms with E-state index in [-0.39, 0.29) is 0 Å². The van der Waals surface area contributed by atoms with E-state index < -0.39 is 0 Å². The van der Waals surface area contributed by atoms with Crippen molar-refractivity contribution in [3.8, 4) is 0 Å². The van der Waals surface area contributed by atoms with Crippen LogP contribution in [0.25, 0.3) is 0 Å². The molecule has 0 radical (unpaired) electrons. The lowest BCUT2D eigenvalue weighted by atomic mass is 9.74. The summed E-state index contributed by atoms with van der Waals surface area (Å²) in [5, 5.41) is 0. The molecule has 0 aromatic carbocycles. The second-order valence-corrected chi connectivity index (χ2v) is 7.01. The van der Waals surface area contributed by atoms with E-state index >= 15 is 0 Å². The molecule has 0 aromatic heterocycles. The van der Waals surface area contributed by atoms with Gasteiger partial charge < -0.3 is 0 Å². The van der Waals surface area contributed by atoms with Crippen LogP contribution in [0.1, 0.15) is 53.9 Å². The van der Waals surface area contributed by atoms with Gasteiger partial charge in [-0.3, -0.25) is 4.90 Å². The van der Waals surface area contributed by atoms with Crippen LogP contribution in [-0.2, 0) is 0 Å². The molecule has 0 amide bonds. The van der Waals surface area contributed by atoms with Gasteiger partial charge in [0.2, 0.25) is 0 Å². The predicted molar refractivity (Wildman–Crippen MR) is 75.1 cm³/mol. The van der Waals surface area contributed by atoms with E-state index in [9.17, 15) is 0 Å². The summed E-state index contributed by atoms with van der Waals surface area (Å²) < 4.78 is 0. The minimum absolute atomic E-state index is 0.300. The van der Waals surface area contributed by atoms with Crippen molar-refractivity contribution in [1.82, 2.24) is 4.90 Å². The van der Waals surface area contributed by atoms with Gasteiger partial charge in [0.05, 0.1) is 0 Å². The van der Waals surface area contributed by atoms with Gasteiger partial charge in [-0.05, 0) is 53.5 Å². The molecule has 0 spiro atoms. The van der Waals surface area contributed by atoms with Gasteiger partial charge in [-0.2, -0.15) is 0 Å². The molecule has 1 heterocycles. The third-order valence-electron chi connectivity index (χ3n) is 4.47. The number of allylic oxidation sites excluding steroid dienone is 3. The molecule has 2 aliphatic rings. The molecule has 2 rings (SSSR count). The molecule has 17 heavy (non-hydrogen) atoms. The van der Waals surface area contributed by atoms with E-state index in [1.54, 1.807) is 0 Å². The fourth-order valence-electron chi connectivity index (χ4n) is 3.34. The number of hydrogen-bond donors (Lipinski definition) is 0. The summed E-state index contributed by atoms with van der Waals surface area (Å²) in [5.41, 5.74) is 2.06. The Morgan fingerprint density at radius 3 is 2.59 bits per heavy atom. The van der Waals surface area contributed by atoms with E-state index in [2.05, 4.69) is 57.7 Å². The molecule has 0 aromatic rings. The highest BCUT2D eigenvalue weighted by molar-refractivity contribution is 5.26. The van der Waals surface area contributed by atoms with Crippen molar-refractivity contribution >= 4 is 0 Å². The van der Waals surface area contributed by atoms with Crippen LogP contribution in [0.5, 0.6) is 0 Å². The molecular formula is C16H27N. The topological polar surface area (TPSA) is 3.24 Å². The summed E-state index contributed by atoms with van der Waals surface area (Å²) in [7, 11) is 0. The molecule has 1 aliphatic heterocycles. The third kappa shape index (κ3) is 2.49. The van der Waals surface area contributed by atoms with Crippen molar-refractivity contribution in [3.05, 3.63) is 23.8 Å². The first-order valence-electron chi connectivity index (χ1n) is 6.96. The largest absolute Gasteiger partial charge is 0.295 e. The molecule has 1 unspecified atom stereocenters. The van der Waals surface area contributed by atoms with E-state index in [0.29, 0.717) is 17.0 Å². The molecule has 1 heteroatoms. The second kappa shape index (κ2) is 4.28. The average molecular weight is 233 g/mol. The fourth-order valence-corrected chi connectivity index (χ4v) is 3.34. The zero-order valence-electron chi connectivity index (χ0n) is 12.1. The maximum Gasteiger partial charge on any atom is 0.0192 e. The Kier molecular flexibility index (Phi) is 3.24. The van der Waals surface area contributed by atoms with Crippen LogP contribution in [0.2, 0.25) is 0 Å². The van der Waals surface area contributed by atoms with Gasteiger partial charge in [-0.1, -0.05) is 30.7 Å². The molecule has 96 valence electrons. The normalized spacial score (nSPS) is 35.1. The Balaban J connectivity index is 2.20. The van der Waals surface area contributed by atoms with Crippen molar-refractivity contribution in [2.45, 2.75) is 65.5 Å². The summed E-state index contributed by atoms with van der Waals surface area (Å²) in [6, 6.07) is 0.711. The third-order valence-corrected chi connectivity index (χ3v) is 4.47. The Labute approximate surface area is 107 Å². The van der Waals surface area contributed by atoms with Crippen molar-refractivity contribution in [3.63, 3.8) is 0 Å². The summed E-state index contributed by atoms with van der Waals surface area (Å²) >= 11 is 0. The first kappa shape index (κ1) is 12.9. The first-order valence-corrected chi connectivity index (χ1v) is 6.96.